The van der Waals surface area contributed by atoms with Gasteiger partial charge in [-0.3, -0.25) is 14.5 Å². The Morgan fingerprint density at radius 3 is 2.34 bits per heavy atom. The number of aryl methyl sites for hydroxylation is 1. The zero-order valence-corrected chi connectivity index (χ0v) is 20.5. The number of amides is 2. The van der Waals surface area contributed by atoms with E-state index in [2.05, 4.69) is 0 Å². The van der Waals surface area contributed by atoms with Gasteiger partial charge in [0.25, 0.3) is 11.8 Å². The summed E-state index contributed by atoms with van der Waals surface area (Å²) in [4.78, 5) is 27.3. The molecule has 2 fully saturated rings. The molecule has 2 heterocycles. The number of carbonyl (C=O) groups excluding carboxylic acids is 2. The van der Waals surface area contributed by atoms with Crippen LogP contribution in [0.5, 0.6) is 0 Å². The predicted octanol–water partition coefficient (Wildman–Crippen LogP) is 3.58. The van der Waals surface area contributed by atoms with Crippen LogP contribution in [0.4, 0.5) is 0 Å². The Labute approximate surface area is 207 Å². The van der Waals surface area contributed by atoms with Crippen molar-refractivity contribution in [3.63, 3.8) is 0 Å². The SMILES string of the molecule is Cc1ccc([S@@](=O)/C=C2\CCC3(CC2C(O)CCN2C(=O)c4ccccc4C2=O)OCCO3)cc1. The lowest BCUT2D eigenvalue weighted by Gasteiger charge is -2.40. The van der Waals surface area contributed by atoms with Crippen LogP contribution >= 0.6 is 0 Å². The summed E-state index contributed by atoms with van der Waals surface area (Å²) in [7, 11) is -1.36. The van der Waals surface area contributed by atoms with E-state index in [4.69, 9.17) is 9.47 Å². The molecule has 0 bridgehead atoms. The Bertz CT molecular complexity index is 1150. The van der Waals surface area contributed by atoms with E-state index in [-0.39, 0.29) is 30.7 Å². The second-order valence-electron chi connectivity index (χ2n) is 9.39. The van der Waals surface area contributed by atoms with Gasteiger partial charge in [0.15, 0.2) is 5.79 Å². The van der Waals surface area contributed by atoms with E-state index in [1.807, 2.05) is 31.2 Å². The predicted molar refractivity (Wildman–Crippen MR) is 130 cm³/mol. The lowest BCUT2D eigenvalue weighted by Crippen LogP contribution is -2.42. The molecule has 2 aromatic carbocycles. The molecular weight excluding hydrogens is 466 g/mol. The Balaban J connectivity index is 1.33. The first-order valence-corrected chi connectivity index (χ1v) is 13.2. The molecule has 3 aliphatic rings. The average Bonchev–Trinajstić information content (AvgIpc) is 3.42. The average molecular weight is 496 g/mol. The Morgan fingerprint density at radius 1 is 1.09 bits per heavy atom. The van der Waals surface area contributed by atoms with Gasteiger partial charge in [-0.25, -0.2) is 4.21 Å². The Hall–Kier alpha value is -2.65. The van der Waals surface area contributed by atoms with Gasteiger partial charge < -0.3 is 14.6 Å². The highest BCUT2D eigenvalue weighted by Crippen LogP contribution is 2.44. The number of ether oxygens (including phenoxy) is 2. The molecule has 1 N–H and O–H groups in total. The molecule has 2 aliphatic heterocycles. The molecule has 2 unspecified atom stereocenters. The molecule has 1 aliphatic carbocycles. The number of hydrogen-bond donors (Lipinski definition) is 1. The summed E-state index contributed by atoms with van der Waals surface area (Å²) in [5.41, 5.74) is 2.77. The molecule has 0 aromatic heterocycles. The lowest BCUT2D eigenvalue weighted by atomic mass is 9.77. The number of fused-ring (bicyclic) bond motifs is 1. The summed E-state index contributed by atoms with van der Waals surface area (Å²) < 4.78 is 24.9. The molecule has 1 spiro atoms. The normalized spacial score (nSPS) is 24.2. The van der Waals surface area contributed by atoms with Crippen molar-refractivity contribution in [2.24, 2.45) is 5.92 Å². The summed E-state index contributed by atoms with van der Waals surface area (Å²) in [6.45, 7) is 3.10. The summed E-state index contributed by atoms with van der Waals surface area (Å²) in [6.07, 6.45) is 1.01. The second kappa shape index (κ2) is 9.78. The molecular formula is C27H29NO6S. The van der Waals surface area contributed by atoms with Crippen molar-refractivity contribution in [2.75, 3.05) is 19.8 Å². The highest BCUT2D eigenvalue weighted by Gasteiger charge is 2.45. The molecule has 1 saturated carbocycles. The first-order chi connectivity index (χ1) is 16.9. The van der Waals surface area contributed by atoms with Crippen LogP contribution in [0.3, 0.4) is 0 Å². The van der Waals surface area contributed by atoms with Gasteiger partial charge in [0, 0.05) is 35.6 Å². The standard InChI is InChI=1S/C27H29NO6S/c1-18-6-8-20(9-7-18)35(32)17-19-10-12-27(33-14-15-34-27)16-23(19)24(29)11-13-28-25(30)21-4-2-3-5-22(21)26(28)31/h2-9,17,23-24,29H,10-16H2,1H3/b19-17+/t23?,24?,35-/m0/s1. The van der Waals surface area contributed by atoms with Gasteiger partial charge in [0.05, 0.1) is 41.2 Å². The van der Waals surface area contributed by atoms with Crippen molar-refractivity contribution in [1.82, 2.24) is 4.90 Å². The quantitative estimate of drug-likeness (QED) is 0.616. The molecule has 35 heavy (non-hydrogen) atoms. The number of nitrogens with zero attached hydrogens (tertiary/aromatic N) is 1. The number of hydrogen-bond acceptors (Lipinski definition) is 6. The Morgan fingerprint density at radius 2 is 1.71 bits per heavy atom. The smallest absolute Gasteiger partial charge is 0.261 e. The fraction of sp³-hybridized carbons (Fsp3) is 0.407. The first kappa shape index (κ1) is 24.1. The maximum Gasteiger partial charge on any atom is 0.261 e. The highest BCUT2D eigenvalue weighted by atomic mass is 32.2. The van der Waals surface area contributed by atoms with Crippen molar-refractivity contribution in [3.8, 4) is 0 Å². The van der Waals surface area contributed by atoms with Crippen LogP contribution in [-0.2, 0) is 20.3 Å². The van der Waals surface area contributed by atoms with Crippen molar-refractivity contribution < 1.29 is 28.4 Å². The molecule has 2 amide bonds. The number of benzene rings is 2. The van der Waals surface area contributed by atoms with Crippen LogP contribution in [-0.4, -0.2) is 57.7 Å². The van der Waals surface area contributed by atoms with Gasteiger partial charge in [0.1, 0.15) is 0 Å². The van der Waals surface area contributed by atoms with Gasteiger partial charge in [0.2, 0.25) is 0 Å². The summed E-state index contributed by atoms with van der Waals surface area (Å²) >= 11 is 0. The molecule has 2 aromatic rings. The summed E-state index contributed by atoms with van der Waals surface area (Å²) in [6, 6.07) is 14.3. The van der Waals surface area contributed by atoms with E-state index in [1.54, 1.807) is 29.7 Å². The zero-order chi connectivity index (χ0) is 24.6. The minimum atomic E-state index is -1.36. The van der Waals surface area contributed by atoms with E-state index in [1.165, 1.54) is 4.90 Å². The number of aliphatic hydroxyl groups excluding tert-OH is 1. The van der Waals surface area contributed by atoms with Gasteiger partial charge in [-0.2, -0.15) is 0 Å². The third kappa shape index (κ3) is 4.76. The molecule has 5 rings (SSSR count). The van der Waals surface area contributed by atoms with Gasteiger partial charge in [-0.1, -0.05) is 35.4 Å². The summed E-state index contributed by atoms with van der Waals surface area (Å²) in [5, 5.41) is 13.0. The number of imide groups is 1. The summed E-state index contributed by atoms with van der Waals surface area (Å²) in [5.74, 6) is -1.77. The third-order valence-electron chi connectivity index (χ3n) is 7.12. The number of carbonyl (C=O) groups is 2. The van der Waals surface area contributed by atoms with Crippen LogP contribution in [0, 0.1) is 12.8 Å². The molecule has 8 heteroatoms. The van der Waals surface area contributed by atoms with E-state index < -0.39 is 22.7 Å². The monoisotopic (exact) mass is 495 g/mol. The van der Waals surface area contributed by atoms with Crippen molar-refractivity contribution in [1.29, 1.82) is 0 Å². The molecule has 184 valence electrons. The lowest BCUT2D eigenvalue weighted by molar-refractivity contribution is -0.186. The van der Waals surface area contributed by atoms with Crippen LogP contribution in [0.1, 0.15) is 52.0 Å². The van der Waals surface area contributed by atoms with E-state index >= 15 is 0 Å². The van der Waals surface area contributed by atoms with Crippen molar-refractivity contribution in [3.05, 3.63) is 76.2 Å². The fourth-order valence-corrected chi connectivity index (χ4v) is 6.27. The van der Waals surface area contributed by atoms with Crippen LogP contribution in [0.2, 0.25) is 0 Å². The molecule has 3 atom stereocenters. The first-order valence-electron chi connectivity index (χ1n) is 12.0. The molecule has 0 radical (unpaired) electrons. The van der Waals surface area contributed by atoms with Gasteiger partial charge >= 0.3 is 0 Å². The molecule has 1 saturated heterocycles. The third-order valence-corrected chi connectivity index (χ3v) is 8.37. The largest absolute Gasteiger partial charge is 0.392 e. The minimum Gasteiger partial charge on any atom is -0.392 e. The second-order valence-corrected chi connectivity index (χ2v) is 10.7. The number of aliphatic hydroxyl groups is 1. The van der Waals surface area contributed by atoms with Gasteiger partial charge in [-0.15, -0.1) is 0 Å². The van der Waals surface area contributed by atoms with E-state index in [0.717, 1.165) is 11.1 Å². The van der Waals surface area contributed by atoms with Crippen molar-refractivity contribution in [2.45, 2.75) is 49.4 Å². The topological polar surface area (TPSA) is 93.1 Å². The van der Waals surface area contributed by atoms with Crippen LogP contribution in [0.25, 0.3) is 0 Å². The Kier molecular flexibility index (Phi) is 6.72. The van der Waals surface area contributed by atoms with Crippen LogP contribution in [0.15, 0.2) is 64.4 Å². The maximum atomic E-state index is 13.1. The van der Waals surface area contributed by atoms with Crippen LogP contribution < -0.4 is 0 Å². The molecule has 7 nitrogen and oxygen atoms in total. The van der Waals surface area contributed by atoms with E-state index in [0.29, 0.717) is 48.5 Å². The maximum absolute atomic E-state index is 13.1. The fourth-order valence-electron chi connectivity index (χ4n) is 5.16. The zero-order valence-electron chi connectivity index (χ0n) is 19.6. The van der Waals surface area contributed by atoms with Gasteiger partial charge in [-0.05, 0) is 44.0 Å². The van der Waals surface area contributed by atoms with E-state index in [9.17, 15) is 18.9 Å². The van der Waals surface area contributed by atoms with Crippen molar-refractivity contribution >= 4 is 22.6 Å². The minimum absolute atomic E-state index is 0.104. The number of rotatable bonds is 6. The highest BCUT2D eigenvalue weighted by molar-refractivity contribution is 7.88.